The molecule has 2 N–H and O–H groups in total. The predicted octanol–water partition coefficient (Wildman–Crippen LogP) is 2.27. The van der Waals surface area contributed by atoms with E-state index < -0.39 is 0 Å². The lowest BCUT2D eigenvalue weighted by Gasteiger charge is -2.33. The number of carbonyl (C=O) groups is 1. The summed E-state index contributed by atoms with van der Waals surface area (Å²) in [7, 11) is 0. The topological polar surface area (TPSA) is 83.4 Å². The number of aryl methyl sites for hydroxylation is 1. The molecule has 0 bridgehead atoms. The summed E-state index contributed by atoms with van der Waals surface area (Å²) in [5.41, 5.74) is 1.35. The molecular formula is C19H22N4O3. The van der Waals surface area contributed by atoms with Crippen LogP contribution in [0.1, 0.15) is 27.9 Å². The van der Waals surface area contributed by atoms with Crippen LogP contribution in [0.2, 0.25) is 0 Å². The zero-order valence-corrected chi connectivity index (χ0v) is 14.7. The number of rotatable bonds is 5. The number of hydrogen-bond acceptors (Lipinski definition) is 5. The van der Waals surface area contributed by atoms with Gasteiger partial charge in [0.1, 0.15) is 11.5 Å². The highest BCUT2D eigenvalue weighted by atomic mass is 16.5. The Bertz CT molecular complexity index is 895. The van der Waals surface area contributed by atoms with Gasteiger partial charge in [-0.3, -0.25) is 14.8 Å². The Morgan fingerprint density at radius 2 is 2.15 bits per heavy atom. The fourth-order valence-corrected chi connectivity index (χ4v) is 3.37. The van der Waals surface area contributed by atoms with E-state index in [1.807, 2.05) is 31.2 Å². The summed E-state index contributed by atoms with van der Waals surface area (Å²) in [5.74, 6) is 1.61. The van der Waals surface area contributed by atoms with Crippen molar-refractivity contribution in [3.63, 3.8) is 0 Å². The molecular weight excluding hydrogens is 332 g/mol. The van der Waals surface area contributed by atoms with Crippen molar-refractivity contribution in [1.82, 2.24) is 20.4 Å². The molecule has 136 valence electrons. The monoisotopic (exact) mass is 354 g/mol. The lowest BCUT2D eigenvalue weighted by atomic mass is 10.1. The van der Waals surface area contributed by atoms with Gasteiger partial charge in [-0.25, -0.2) is 0 Å². The average molecular weight is 354 g/mol. The largest absolute Gasteiger partial charge is 0.465 e. The molecule has 1 saturated heterocycles. The van der Waals surface area contributed by atoms with Crippen LogP contribution in [0, 0.1) is 6.92 Å². The molecule has 0 spiro atoms. The van der Waals surface area contributed by atoms with Crippen LogP contribution in [0.5, 0.6) is 0 Å². The number of carbonyl (C=O) groups excluding carboxylic acids is 1. The number of fused-ring (bicyclic) bond motifs is 1. The van der Waals surface area contributed by atoms with Crippen LogP contribution in [0.3, 0.4) is 0 Å². The van der Waals surface area contributed by atoms with Gasteiger partial charge < -0.3 is 14.5 Å². The smallest absolute Gasteiger partial charge is 0.253 e. The fourth-order valence-electron chi connectivity index (χ4n) is 3.37. The van der Waals surface area contributed by atoms with E-state index in [0.29, 0.717) is 25.3 Å². The standard InChI is InChI=1S/C19H22N4O3/c1-13-5-6-17(26-13)16(23-7-9-25-10-8-23)12-20-19(24)15-4-2-3-14-11-21-22-18(14)15/h2-6,11,16H,7-10,12H2,1H3,(H,20,24)(H,21,22). The number of aromatic amines is 1. The van der Waals surface area contributed by atoms with E-state index in [1.165, 1.54) is 0 Å². The molecule has 1 unspecified atom stereocenters. The summed E-state index contributed by atoms with van der Waals surface area (Å²) >= 11 is 0. The molecule has 3 heterocycles. The van der Waals surface area contributed by atoms with Gasteiger partial charge in [0.15, 0.2) is 0 Å². The first-order chi connectivity index (χ1) is 12.7. The summed E-state index contributed by atoms with van der Waals surface area (Å²) in [6, 6.07) is 9.52. The lowest BCUT2D eigenvalue weighted by molar-refractivity contribution is 0.0117. The molecule has 0 radical (unpaired) electrons. The maximum Gasteiger partial charge on any atom is 0.253 e. The zero-order chi connectivity index (χ0) is 17.9. The maximum absolute atomic E-state index is 12.7. The van der Waals surface area contributed by atoms with Crippen molar-refractivity contribution in [2.75, 3.05) is 32.8 Å². The van der Waals surface area contributed by atoms with Crippen molar-refractivity contribution in [1.29, 1.82) is 0 Å². The Morgan fingerprint density at radius 1 is 1.31 bits per heavy atom. The van der Waals surface area contributed by atoms with Crippen molar-refractivity contribution >= 4 is 16.8 Å². The summed E-state index contributed by atoms with van der Waals surface area (Å²) < 4.78 is 11.3. The van der Waals surface area contributed by atoms with E-state index in [-0.39, 0.29) is 11.9 Å². The minimum Gasteiger partial charge on any atom is -0.465 e. The van der Waals surface area contributed by atoms with Gasteiger partial charge in [-0.05, 0) is 25.1 Å². The molecule has 3 aromatic rings. The number of nitrogens with one attached hydrogen (secondary N) is 2. The van der Waals surface area contributed by atoms with Crippen LogP contribution in [0.4, 0.5) is 0 Å². The van der Waals surface area contributed by atoms with Crippen LogP contribution < -0.4 is 5.32 Å². The maximum atomic E-state index is 12.7. The quantitative estimate of drug-likeness (QED) is 0.734. The number of aromatic nitrogens is 2. The molecule has 26 heavy (non-hydrogen) atoms. The Hall–Kier alpha value is -2.64. The van der Waals surface area contributed by atoms with Crippen molar-refractivity contribution in [3.05, 3.63) is 53.6 Å². The van der Waals surface area contributed by atoms with E-state index in [0.717, 1.165) is 35.5 Å². The normalized spacial score (nSPS) is 16.7. The SMILES string of the molecule is Cc1ccc(C(CNC(=O)c2cccc3cn[nH]c23)N2CCOCC2)o1. The van der Waals surface area contributed by atoms with Crippen LogP contribution in [0.15, 0.2) is 40.9 Å². The number of nitrogens with zero attached hydrogens (tertiary/aromatic N) is 2. The van der Waals surface area contributed by atoms with E-state index in [1.54, 1.807) is 12.3 Å². The lowest BCUT2D eigenvalue weighted by Crippen LogP contribution is -2.43. The third kappa shape index (κ3) is 3.36. The molecule has 0 aliphatic carbocycles. The van der Waals surface area contributed by atoms with E-state index >= 15 is 0 Å². The van der Waals surface area contributed by atoms with Gasteiger partial charge in [-0.2, -0.15) is 5.10 Å². The molecule has 1 fully saturated rings. The molecule has 7 nitrogen and oxygen atoms in total. The molecule has 1 aliphatic heterocycles. The fraction of sp³-hybridized carbons (Fsp3) is 0.368. The minimum absolute atomic E-state index is 0.0162. The first kappa shape index (κ1) is 16.8. The zero-order valence-electron chi connectivity index (χ0n) is 14.7. The molecule has 1 atom stereocenters. The number of furan rings is 1. The van der Waals surface area contributed by atoms with Gasteiger partial charge in [0.25, 0.3) is 5.91 Å². The second-order valence-electron chi connectivity index (χ2n) is 6.46. The van der Waals surface area contributed by atoms with Crippen molar-refractivity contribution in [3.8, 4) is 0 Å². The average Bonchev–Trinajstić information content (AvgIpc) is 3.31. The van der Waals surface area contributed by atoms with Crippen LogP contribution >= 0.6 is 0 Å². The second-order valence-corrected chi connectivity index (χ2v) is 6.46. The third-order valence-corrected chi connectivity index (χ3v) is 4.75. The van der Waals surface area contributed by atoms with Gasteiger partial charge in [-0.1, -0.05) is 12.1 Å². The molecule has 2 aromatic heterocycles. The summed E-state index contributed by atoms with van der Waals surface area (Å²) in [5, 5.41) is 10.9. The number of benzene rings is 1. The van der Waals surface area contributed by atoms with Crippen molar-refractivity contribution in [2.45, 2.75) is 13.0 Å². The molecule has 1 aliphatic rings. The highest BCUT2D eigenvalue weighted by molar-refractivity contribution is 6.05. The van der Waals surface area contributed by atoms with Gasteiger partial charge in [0.2, 0.25) is 0 Å². The van der Waals surface area contributed by atoms with E-state index in [9.17, 15) is 4.79 Å². The van der Waals surface area contributed by atoms with Crippen LogP contribution in [0.25, 0.3) is 10.9 Å². The first-order valence-electron chi connectivity index (χ1n) is 8.81. The minimum atomic E-state index is -0.124. The Kier molecular flexibility index (Phi) is 4.73. The van der Waals surface area contributed by atoms with Gasteiger partial charge >= 0.3 is 0 Å². The summed E-state index contributed by atoms with van der Waals surface area (Å²) in [4.78, 5) is 15.0. The Balaban J connectivity index is 1.52. The van der Waals surface area contributed by atoms with Gasteiger partial charge in [0, 0.05) is 25.0 Å². The van der Waals surface area contributed by atoms with Crippen LogP contribution in [-0.4, -0.2) is 53.9 Å². The number of para-hydroxylation sites is 1. The summed E-state index contributed by atoms with van der Waals surface area (Å²) in [6.07, 6.45) is 1.72. The third-order valence-electron chi connectivity index (χ3n) is 4.75. The molecule has 1 aromatic carbocycles. The molecule has 7 heteroatoms. The van der Waals surface area contributed by atoms with Crippen molar-refractivity contribution in [2.24, 2.45) is 0 Å². The highest BCUT2D eigenvalue weighted by Crippen LogP contribution is 2.24. The number of hydrogen-bond donors (Lipinski definition) is 2. The Morgan fingerprint density at radius 3 is 2.92 bits per heavy atom. The van der Waals surface area contributed by atoms with E-state index in [4.69, 9.17) is 9.15 Å². The van der Waals surface area contributed by atoms with E-state index in [2.05, 4.69) is 20.4 Å². The van der Waals surface area contributed by atoms with Gasteiger partial charge in [-0.15, -0.1) is 0 Å². The Labute approximate surface area is 151 Å². The molecule has 1 amide bonds. The molecule has 4 rings (SSSR count). The number of ether oxygens (including phenoxy) is 1. The predicted molar refractivity (Wildman–Crippen MR) is 97.0 cm³/mol. The summed E-state index contributed by atoms with van der Waals surface area (Å²) in [6.45, 7) is 5.41. The van der Waals surface area contributed by atoms with Crippen molar-refractivity contribution < 1.29 is 13.9 Å². The molecule has 0 saturated carbocycles. The number of amides is 1. The second kappa shape index (κ2) is 7.31. The first-order valence-corrected chi connectivity index (χ1v) is 8.81. The number of H-pyrrole nitrogens is 1. The number of morpholine rings is 1. The highest BCUT2D eigenvalue weighted by Gasteiger charge is 2.26. The van der Waals surface area contributed by atoms with Crippen LogP contribution in [-0.2, 0) is 4.74 Å². The van der Waals surface area contributed by atoms with Gasteiger partial charge in [0.05, 0.1) is 36.5 Å².